The van der Waals surface area contributed by atoms with Crippen molar-refractivity contribution >= 4 is 11.7 Å². The van der Waals surface area contributed by atoms with E-state index in [0.717, 1.165) is 17.1 Å². The minimum Gasteiger partial charge on any atom is -0.493 e. The second kappa shape index (κ2) is 6.50. The van der Waals surface area contributed by atoms with Crippen LogP contribution >= 0.6 is 0 Å². The fourth-order valence-corrected chi connectivity index (χ4v) is 4.00. The van der Waals surface area contributed by atoms with E-state index in [9.17, 15) is 9.18 Å². The number of anilines is 1. The van der Waals surface area contributed by atoms with Crippen LogP contribution in [-0.4, -0.2) is 33.2 Å². The number of halogens is 1. The van der Waals surface area contributed by atoms with Crippen molar-refractivity contribution in [3.05, 3.63) is 40.8 Å². The minimum atomic E-state index is -0.449. The molecule has 2 aliphatic heterocycles. The Morgan fingerprint density at radius 3 is 2.82 bits per heavy atom. The molecular formula is C21H27FN4O2. The van der Waals surface area contributed by atoms with E-state index in [1.165, 1.54) is 18.2 Å². The van der Waals surface area contributed by atoms with E-state index >= 15 is 0 Å². The van der Waals surface area contributed by atoms with Gasteiger partial charge in [0.05, 0.1) is 37.0 Å². The van der Waals surface area contributed by atoms with Crippen LogP contribution in [0.4, 0.5) is 10.2 Å². The lowest BCUT2D eigenvalue weighted by atomic mass is 9.77. The molecule has 1 amide bonds. The molecule has 1 N–H and O–H groups in total. The van der Waals surface area contributed by atoms with Gasteiger partial charge in [-0.1, -0.05) is 13.8 Å². The van der Waals surface area contributed by atoms with E-state index in [-0.39, 0.29) is 29.0 Å². The molecule has 2 atom stereocenters. The predicted molar refractivity (Wildman–Crippen MR) is 105 cm³/mol. The van der Waals surface area contributed by atoms with Crippen LogP contribution in [0.15, 0.2) is 18.2 Å². The molecule has 0 spiro atoms. The fourth-order valence-electron chi connectivity index (χ4n) is 4.00. The van der Waals surface area contributed by atoms with Gasteiger partial charge in [0.15, 0.2) is 0 Å². The van der Waals surface area contributed by atoms with Crippen LogP contribution in [-0.2, 0) is 13.1 Å². The molecule has 150 valence electrons. The Morgan fingerprint density at radius 2 is 2.11 bits per heavy atom. The summed E-state index contributed by atoms with van der Waals surface area (Å²) in [6.45, 7) is 12.0. The summed E-state index contributed by atoms with van der Waals surface area (Å²) in [5.41, 5.74) is 2.28. The number of hydrogen-bond acceptors (Lipinski definition) is 4. The van der Waals surface area contributed by atoms with Gasteiger partial charge < -0.3 is 15.0 Å². The first kappa shape index (κ1) is 18.8. The summed E-state index contributed by atoms with van der Waals surface area (Å²) < 4.78 is 21.4. The van der Waals surface area contributed by atoms with Crippen molar-refractivity contribution in [1.29, 1.82) is 0 Å². The zero-order valence-corrected chi connectivity index (χ0v) is 17.0. The Hall–Kier alpha value is -2.57. The maximum absolute atomic E-state index is 13.8. The Bertz CT molecular complexity index is 937. The molecule has 0 fully saturated rings. The number of aromatic nitrogens is 2. The van der Waals surface area contributed by atoms with Crippen molar-refractivity contribution in [2.75, 3.05) is 11.9 Å². The number of fused-ring (bicyclic) bond motifs is 3. The number of nitrogens with one attached hydrogen (secondary N) is 1. The van der Waals surface area contributed by atoms with Crippen molar-refractivity contribution < 1.29 is 13.9 Å². The van der Waals surface area contributed by atoms with Crippen LogP contribution in [0.3, 0.4) is 0 Å². The summed E-state index contributed by atoms with van der Waals surface area (Å²) in [4.78, 5) is 14.8. The van der Waals surface area contributed by atoms with E-state index in [0.29, 0.717) is 25.4 Å². The second-order valence-corrected chi connectivity index (χ2v) is 8.32. The number of amides is 1. The Morgan fingerprint density at radius 1 is 1.36 bits per heavy atom. The van der Waals surface area contributed by atoms with Crippen LogP contribution in [0.2, 0.25) is 0 Å². The molecule has 2 unspecified atom stereocenters. The average Bonchev–Trinajstić information content (AvgIpc) is 3.20. The second-order valence-electron chi connectivity index (χ2n) is 8.32. The third kappa shape index (κ3) is 2.75. The number of carbonyl (C=O) groups excluding carboxylic acids is 1. The normalized spacial score (nSPS) is 22.4. The lowest BCUT2D eigenvalue weighted by Gasteiger charge is -2.43. The molecule has 7 heteroatoms. The molecular weight excluding hydrogens is 359 g/mol. The molecule has 2 aromatic rings. The van der Waals surface area contributed by atoms with Gasteiger partial charge in [-0.3, -0.25) is 4.79 Å². The first-order chi connectivity index (χ1) is 13.2. The van der Waals surface area contributed by atoms with Crippen LogP contribution in [0, 0.1) is 11.2 Å². The fraction of sp³-hybridized carbons (Fsp3) is 0.524. The van der Waals surface area contributed by atoms with Crippen molar-refractivity contribution in [1.82, 2.24) is 14.7 Å². The van der Waals surface area contributed by atoms with Gasteiger partial charge in [-0.15, -0.1) is 0 Å². The number of benzene rings is 1. The van der Waals surface area contributed by atoms with Gasteiger partial charge in [-0.25, -0.2) is 9.07 Å². The van der Waals surface area contributed by atoms with Gasteiger partial charge in [0.2, 0.25) is 0 Å². The van der Waals surface area contributed by atoms with E-state index in [2.05, 4.69) is 37.7 Å². The highest BCUT2D eigenvalue weighted by molar-refractivity contribution is 5.97. The Balaban J connectivity index is 1.62. The predicted octanol–water partition coefficient (Wildman–Crippen LogP) is 3.98. The quantitative estimate of drug-likeness (QED) is 0.867. The maximum atomic E-state index is 13.8. The zero-order valence-electron chi connectivity index (χ0n) is 17.0. The van der Waals surface area contributed by atoms with Crippen LogP contribution in [0.25, 0.3) is 0 Å². The van der Waals surface area contributed by atoms with E-state index in [4.69, 9.17) is 9.84 Å². The molecule has 0 aliphatic carbocycles. The van der Waals surface area contributed by atoms with Gasteiger partial charge in [0.25, 0.3) is 5.91 Å². The monoisotopic (exact) mass is 386 g/mol. The molecule has 6 nitrogen and oxygen atoms in total. The van der Waals surface area contributed by atoms with Gasteiger partial charge >= 0.3 is 0 Å². The van der Waals surface area contributed by atoms with Crippen molar-refractivity contribution in [3.8, 4) is 5.75 Å². The lowest BCUT2D eigenvalue weighted by Crippen LogP contribution is -2.45. The van der Waals surface area contributed by atoms with Gasteiger partial charge in [-0.05, 0) is 39.0 Å². The van der Waals surface area contributed by atoms with Crippen molar-refractivity contribution in [3.63, 3.8) is 0 Å². The largest absolute Gasteiger partial charge is 0.493 e. The first-order valence-corrected chi connectivity index (χ1v) is 9.82. The summed E-state index contributed by atoms with van der Waals surface area (Å²) in [6, 6.07) is 4.61. The SMILES string of the molecule is CCOc1ccc(F)cc1C(=O)N1Cc2nn3c(c2C1)NC(C)C(C)(C)C3C. The molecule has 0 saturated heterocycles. The number of rotatable bonds is 3. The topological polar surface area (TPSA) is 59.4 Å². The molecule has 0 bridgehead atoms. The lowest BCUT2D eigenvalue weighted by molar-refractivity contribution is 0.0742. The summed E-state index contributed by atoms with van der Waals surface area (Å²) in [7, 11) is 0. The third-order valence-corrected chi connectivity index (χ3v) is 6.45. The summed E-state index contributed by atoms with van der Waals surface area (Å²) in [5.74, 6) is 0.716. The Kier molecular flexibility index (Phi) is 4.36. The molecule has 0 radical (unpaired) electrons. The van der Waals surface area contributed by atoms with Crippen LogP contribution in [0.5, 0.6) is 5.75 Å². The third-order valence-electron chi connectivity index (χ3n) is 6.45. The average molecular weight is 386 g/mol. The number of carbonyl (C=O) groups is 1. The van der Waals surface area contributed by atoms with E-state index in [1.54, 1.807) is 4.90 Å². The van der Waals surface area contributed by atoms with Crippen molar-refractivity contribution in [2.45, 2.75) is 59.8 Å². The van der Waals surface area contributed by atoms with Gasteiger partial charge in [0.1, 0.15) is 17.4 Å². The van der Waals surface area contributed by atoms with Crippen LogP contribution in [0.1, 0.15) is 62.3 Å². The molecule has 0 saturated carbocycles. The van der Waals surface area contributed by atoms with E-state index < -0.39 is 5.82 Å². The minimum absolute atomic E-state index is 0.0657. The highest BCUT2D eigenvalue weighted by atomic mass is 19.1. The first-order valence-electron chi connectivity index (χ1n) is 9.82. The summed E-state index contributed by atoms with van der Waals surface area (Å²) in [5, 5.41) is 8.38. The molecule has 28 heavy (non-hydrogen) atoms. The van der Waals surface area contributed by atoms with Gasteiger partial charge in [0, 0.05) is 17.0 Å². The molecule has 1 aromatic carbocycles. The molecule has 4 rings (SSSR count). The highest BCUT2D eigenvalue weighted by Crippen LogP contribution is 2.44. The standard InChI is InChI=1S/C21H27FN4O2/c1-6-28-18-8-7-14(22)9-15(18)20(27)25-10-16-17(11-25)24-26-13(3)21(4,5)12(2)23-19(16)26/h7-9,12-13,23H,6,10-11H2,1-5H3. The molecule has 3 heterocycles. The Labute approximate surface area is 164 Å². The van der Waals surface area contributed by atoms with Crippen LogP contribution < -0.4 is 10.1 Å². The maximum Gasteiger partial charge on any atom is 0.258 e. The number of hydrogen-bond donors (Lipinski definition) is 1. The molecule has 2 aliphatic rings. The summed E-state index contributed by atoms with van der Waals surface area (Å²) in [6.07, 6.45) is 0. The zero-order chi connectivity index (χ0) is 20.2. The number of ether oxygens (including phenoxy) is 1. The summed E-state index contributed by atoms with van der Waals surface area (Å²) >= 11 is 0. The number of nitrogens with zero attached hydrogens (tertiary/aromatic N) is 3. The smallest absolute Gasteiger partial charge is 0.258 e. The highest BCUT2D eigenvalue weighted by Gasteiger charge is 2.42. The van der Waals surface area contributed by atoms with Crippen molar-refractivity contribution in [2.24, 2.45) is 5.41 Å². The van der Waals surface area contributed by atoms with Gasteiger partial charge in [-0.2, -0.15) is 5.10 Å². The van der Waals surface area contributed by atoms with E-state index in [1.807, 2.05) is 6.92 Å². The molecule has 1 aromatic heterocycles.